The second-order valence-corrected chi connectivity index (χ2v) is 2.89. The Morgan fingerprint density at radius 1 is 1.38 bits per heavy atom. The van der Waals surface area contributed by atoms with E-state index in [0.717, 1.165) is 24.4 Å². The van der Waals surface area contributed by atoms with Gasteiger partial charge in [-0.3, -0.25) is 0 Å². The number of nitrogen functional groups attached to an aromatic ring is 1. The Kier molecular flexibility index (Phi) is 3.06. The minimum absolute atomic E-state index is 0.429. The van der Waals surface area contributed by atoms with Crippen molar-refractivity contribution in [3.63, 3.8) is 0 Å². The van der Waals surface area contributed by atoms with Gasteiger partial charge in [-0.1, -0.05) is 6.92 Å². The van der Waals surface area contributed by atoms with E-state index in [0.29, 0.717) is 11.6 Å². The molecule has 13 heavy (non-hydrogen) atoms. The zero-order valence-corrected chi connectivity index (χ0v) is 8.29. The van der Waals surface area contributed by atoms with Gasteiger partial charge < -0.3 is 10.5 Å². The lowest BCUT2D eigenvalue weighted by Crippen LogP contribution is -2.04. The summed E-state index contributed by atoms with van der Waals surface area (Å²) in [4.78, 5) is 8.41. The predicted octanol–water partition coefficient (Wildman–Crippen LogP) is 1.33. The van der Waals surface area contributed by atoms with Crippen LogP contribution in [0.2, 0.25) is 0 Å². The molecule has 0 amide bonds. The fourth-order valence-corrected chi connectivity index (χ4v) is 1.23. The van der Waals surface area contributed by atoms with E-state index >= 15 is 0 Å². The van der Waals surface area contributed by atoms with Crippen molar-refractivity contribution in [3.8, 4) is 5.75 Å². The zero-order valence-electron chi connectivity index (χ0n) is 8.29. The van der Waals surface area contributed by atoms with E-state index in [9.17, 15) is 0 Å². The highest BCUT2D eigenvalue weighted by Gasteiger charge is 2.08. The molecule has 2 N–H and O–H groups in total. The highest BCUT2D eigenvalue weighted by atomic mass is 16.5. The van der Waals surface area contributed by atoms with Crippen LogP contribution in [0.5, 0.6) is 5.75 Å². The number of hydrogen-bond acceptors (Lipinski definition) is 4. The van der Waals surface area contributed by atoms with E-state index in [4.69, 9.17) is 10.5 Å². The van der Waals surface area contributed by atoms with Crippen molar-refractivity contribution in [1.29, 1.82) is 0 Å². The summed E-state index contributed by atoms with van der Waals surface area (Å²) in [5.74, 6) is 1.80. The Bertz CT molecular complexity index is 276. The summed E-state index contributed by atoms with van der Waals surface area (Å²) in [6.07, 6.45) is 1.88. The Balaban J connectivity index is 3.05. The molecule has 0 aliphatic heterocycles. The number of ether oxygens (including phenoxy) is 1. The van der Waals surface area contributed by atoms with Gasteiger partial charge in [0.2, 0.25) is 0 Å². The maximum atomic E-state index is 5.69. The number of methoxy groups -OCH3 is 1. The summed E-state index contributed by atoms with van der Waals surface area (Å²) in [6.45, 7) is 3.95. The molecule has 0 saturated heterocycles. The zero-order chi connectivity index (χ0) is 9.84. The Hall–Kier alpha value is -1.32. The van der Waals surface area contributed by atoms with Crippen LogP contribution in [0.3, 0.4) is 0 Å². The molecule has 0 fully saturated rings. The smallest absolute Gasteiger partial charge is 0.182 e. The van der Waals surface area contributed by atoms with Crippen molar-refractivity contribution in [2.24, 2.45) is 0 Å². The minimum atomic E-state index is 0.429. The second-order valence-electron chi connectivity index (χ2n) is 2.89. The van der Waals surface area contributed by atoms with Crippen LogP contribution in [0.4, 0.5) is 5.82 Å². The van der Waals surface area contributed by atoms with Crippen LogP contribution >= 0.6 is 0 Å². The molecule has 4 heteroatoms. The number of anilines is 1. The lowest BCUT2D eigenvalue weighted by atomic mass is 10.3. The summed E-state index contributed by atoms with van der Waals surface area (Å²) < 4.78 is 5.06. The van der Waals surface area contributed by atoms with E-state index in [-0.39, 0.29) is 0 Å². The topological polar surface area (TPSA) is 61.0 Å². The van der Waals surface area contributed by atoms with E-state index in [1.54, 1.807) is 7.11 Å². The summed E-state index contributed by atoms with van der Waals surface area (Å²) in [5.41, 5.74) is 6.49. The van der Waals surface area contributed by atoms with Crippen molar-refractivity contribution in [2.75, 3.05) is 12.8 Å². The fraction of sp³-hybridized carbons (Fsp3) is 0.556. The van der Waals surface area contributed by atoms with E-state index < -0.39 is 0 Å². The normalized spacial score (nSPS) is 10.1. The van der Waals surface area contributed by atoms with E-state index in [2.05, 4.69) is 16.9 Å². The predicted molar refractivity (Wildman–Crippen MR) is 51.7 cm³/mol. The summed E-state index contributed by atoms with van der Waals surface area (Å²) in [5, 5.41) is 0. The SMILES string of the molecule is CCCc1nc(C)c(OC)c(N)n1. The highest BCUT2D eigenvalue weighted by molar-refractivity contribution is 5.48. The van der Waals surface area contributed by atoms with Gasteiger partial charge in [0, 0.05) is 6.42 Å². The average Bonchev–Trinajstić information content (AvgIpc) is 2.04. The summed E-state index contributed by atoms with van der Waals surface area (Å²) in [7, 11) is 1.57. The first-order valence-electron chi connectivity index (χ1n) is 4.36. The first-order valence-corrected chi connectivity index (χ1v) is 4.36. The maximum absolute atomic E-state index is 5.69. The molecule has 1 aromatic heterocycles. The van der Waals surface area contributed by atoms with Gasteiger partial charge in [0.25, 0.3) is 0 Å². The monoisotopic (exact) mass is 181 g/mol. The van der Waals surface area contributed by atoms with Crippen LogP contribution in [0.15, 0.2) is 0 Å². The van der Waals surface area contributed by atoms with Crippen LogP contribution in [-0.4, -0.2) is 17.1 Å². The van der Waals surface area contributed by atoms with Gasteiger partial charge >= 0.3 is 0 Å². The molecule has 72 valence electrons. The number of aromatic nitrogens is 2. The number of rotatable bonds is 3. The molecule has 1 aromatic rings. The van der Waals surface area contributed by atoms with Gasteiger partial charge in [0.15, 0.2) is 11.6 Å². The van der Waals surface area contributed by atoms with Crippen molar-refractivity contribution in [3.05, 3.63) is 11.5 Å². The first-order chi connectivity index (χ1) is 6.19. The van der Waals surface area contributed by atoms with Gasteiger partial charge in [-0.2, -0.15) is 0 Å². The Morgan fingerprint density at radius 2 is 2.08 bits per heavy atom. The van der Waals surface area contributed by atoms with E-state index in [1.807, 2.05) is 6.92 Å². The quantitative estimate of drug-likeness (QED) is 0.764. The lowest BCUT2D eigenvalue weighted by Gasteiger charge is -2.07. The van der Waals surface area contributed by atoms with Gasteiger partial charge in [-0.05, 0) is 13.3 Å². The molecule has 1 heterocycles. The number of aryl methyl sites for hydroxylation is 2. The van der Waals surface area contributed by atoms with E-state index in [1.165, 1.54) is 0 Å². The highest BCUT2D eigenvalue weighted by Crippen LogP contribution is 2.21. The first kappa shape index (κ1) is 9.77. The van der Waals surface area contributed by atoms with Crippen molar-refractivity contribution in [2.45, 2.75) is 26.7 Å². The molecule has 0 saturated carbocycles. The van der Waals surface area contributed by atoms with Crippen LogP contribution < -0.4 is 10.5 Å². The van der Waals surface area contributed by atoms with Crippen LogP contribution in [0, 0.1) is 6.92 Å². The molecule has 4 nitrogen and oxygen atoms in total. The lowest BCUT2D eigenvalue weighted by molar-refractivity contribution is 0.409. The van der Waals surface area contributed by atoms with Crippen LogP contribution in [0.1, 0.15) is 24.9 Å². The average molecular weight is 181 g/mol. The van der Waals surface area contributed by atoms with Gasteiger partial charge in [-0.25, -0.2) is 9.97 Å². The van der Waals surface area contributed by atoms with Gasteiger partial charge in [-0.15, -0.1) is 0 Å². The third-order valence-electron chi connectivity index (χ3n) is 1.79. The molecule has 0 unspecified atom stereocenters. The second kappa shape index (κ2) is 4.07. The molecule has 0 radical (unpaired) electrons. The molecular formula is C9H15N3O. The molecule has 0 aliphatic rings. The molecule has 0 aromatic carbocycles. The number of hydrogen-bond donors (Lipinski definition) is 1. The molecule has 0 bridgehead atoms. The number of nitrogens with two attached hydrogens (primary N) is 1. The van der Waals surface area contributed by atoms with Crippen molar-refractivity contribution >= 4 is 5.82 Å². The van der Waals surface area contributed by atoms with Crippen LogP contribution in [0.25, 0.3) is 0 Å². The third-order valence-corrected chi connectivity index (χ3v) is 1.79. The Morgan fingerprint density at radius 3 is 2.54 bits per heavy atom. The van der Waals surface area contributed by atoms with Crippen LogP contribution in [-0.2, 0) is 6.42 Å². The summed E-state index contributed by atoms with van der Waals surface area (Å²) in [6, 6.07) is 0. The molecule has 0 spiro atoms. The van der Waals surface area contributed by atoms with Gasteiger partial charge in [0.05, 0.1) is 12.8 Å². The summed E-state index contributed by atoms with van der Waals surface area (Å²) >= 11 is 0. The molecule has 0 atom stereocenters. The Labute approximate surface area is 78.1 Å². The fourth-order valence-electron chi connectivity index (χ4n) is 1.23. The molecule has 0 aliphatic carbocycles. The largest absolute Gasteiger partial charge is 0.491 e. The van der Waals surface area contributed by atoms with Crippen molar-refractivity contribution in [1.82, 2.24) is 9.97 Å². The maximum Gasteiger partial charge on any atom is 0.182 e. The molecule has 1 rings (SSSR count). The third kappa shape index (κ3) is 2.08. The van der Waals surface area contributed by atoms with Gasteiger partial charge in [0.1, 0.15) is 5.82 Å². The standard InChI is InChI=1S/C9H15N3O/c1-4-5-7-11-6(2)8(13-3)9(10)12-7/h4-5H2,1-3H3,(H2,10,11,12). The molecular weight excluding hydrogens is 166 g/mol. The van der Waals surface area contributed by atoms with Crippen molar-refractivity contribution < 1.29 is 4.74 Å². The minimum Gasteiger partial charge on any atom is -0.491 e. The number of nitrogens with zero attached hydrogens (tertiary/aromatic N) is 2.